The van der Waals surface area contributed by atoms with Gasteiger partial charge in [-0.15, -0.1) is 0 Å². The highest BCUT2D eigenvalue weighted by molar-refractivity contribution is 6.01. The summed E-state index contributed by atoms with van der Waals surface area (Å²) in [6.45, 7) is 4.07. The zero-order chi connectivity index (χ0) is 16.1. The molecule has 0 fully saturated rings. The Morgan fingerprint density at radius 3 is 2.00 bits per heavy atom. The lowest BCUT2D eigenvalue weighted by Crippen LogP contribution is -2.21. The monoisotopic (exact) mass is 300 g/mol. The fraction of sp³-hybridized carbons (Fsp3) is 0.235. The number of amides is 2. The number of hydrogen-bond donors (Lipinski definition) is 4. The molecule has 2 rings (SSSR count). The van der Waals surface area contributed by atoms with Gasteiger partial charge >= 0.3 is 6.03 Å². The van der Waals surface area contributed by atoms with Gasteiger partial charge in [0, 0.05) is 29.6 Å². The molecule has 0 bridgehead atoms. The molecular formula is C17H20N2O3. The molecule has 0 atom stereocenters. The predicted octanol–water partition coefficient (Wildman–Crippen LogP) is 3.87. The Morgan fingerprint density at radius 1 is 0.955 bits per heavy atom. The number of phenols is 2. The molecule has 0 heterocycles. The summed E-state index contributed by atoms with van der Waals surface area (Å²) in [7, 11) is 0. The van der Waals surface area contributed by atoms with E-state index < -0.39 is 6.03 Å². The number of nitrogens with one attached hydrogen (secondary N) is 2. The minimum Gasteiger partial charge on any atom is -0.508 e. The number of carbonyl (C=O) groups is 1. The van der Waals surface area contributed by atoms with Gasteiger partial charge in [-0.25, -0.2) is 4.79 Å². The maximum atomic E-state index is 12.2. The molecule has 0 saturated heterocycles. The van der Waals surface area contributed by atoms with Crippen molar-refractivity contribution in [1.29, 1.82) is 0 Å². The zero-order valence-electron chi connectivity index (χ0n) is 12.7. The van der Waals surface area contributed by atoms with Crippen molar-refractivity contribution in [1.82, 2.24) is 0 Å². The third-order valence-corrected chi connectivity index (χ3v) is 3.40. The third kappa shape index (κ3) is 3.69. The van der Waals surface area contributed by atoms with Crippen LogP contribution in [0, 0.1) is 0 Å². The summed E-state index contributed by atoms with van der Waals surface area (Å²) < 4.78 is 0. The molecule has 0 aliphatic rings. The van der Waals surface area contributed by atoms with Gasteiger partial charge in [0.15, 0.2) is 0 Å². The second-order valence-electron chi connectivity index (χ2n) is 4.98. The Bertz CT molecular complexity index is 641. The second-order valence-corrected chi connectivity index (χ2v) is 4.98. The molecule has 5 nitrogen and oxygen atoms in total. The Balaban J connectivity index is 2.18. The van der Waals surface area contributed by atoms with E-state index >= 15 is 0 Å². The average Bonchev–Trinajstić information content (AvgIpc) is 2.46. The van der Waals surface area contributed by atoms with E-state index in [2.05, 4.69) is 10.6 Å². The van der Waals surface area contributed by atoms with E-state index in [4.69, 9.17) is 0 Å². The molecule has 0 unspecified atom stereocenters. The van der Waals surface area contributed by atoms with Crippen molar-refractivity contribution in [3.63, 3.8) is 0 Å². The summed E-state index contributed by atoms with van der Waals surface area (Å²) in [4.78, 5) is 12.2. The van der Waals surface area contributed by atoms with Gasteiger partial charge in [-0.1, -0.05) is 32.0 Å². The molecule has 2 aromatic rings. The number of carbonyl (C=O) groups excluding carboxylic acids is 1. The van der Waals surface area contributed by atoms with E-state index in [1.807, 2.05) is 32.0 Å². The minimum atomic E-state index is -0.416. The number of rotatable bonds is 4. The van der Waals surface area contributed by atoms with E-state index in [0.717, 1.165) is 29.7 Å². The van der Waals surface area contributed by atoms with E-state index in [0.29, 0.717) is 5.69 Å². The van der Waals surface area contributed by atoms with Crippen LogP contribution in [0.5, 0.6) is 11.5 Å². The van der Waals surface area contributed by atoms with Gasteiger partial charge in [0.05, 0.1) is 0 Å². The number of hydrogen-bond acceptors (Lipinski definition) is 3. The molecule has 0 aliphatic carbocycles. The fourth-order valence-corrected chi connectivity index (χ4v) is 2.35. The molecule has 5 heteroatoms. The van der Waals surface area contributed by atoms with Crippen LogP contribution in [-0.4, -0.2) is 16.2 Å². The van der Waals surface area contributed by atoms with Crippen LogP contribution >= 0.6 is 0 Å². The van der Waals surface area contributed by atoms with Crippen LogP contribution in [0.1, 0.15) is 25.0 Å². The molecule has 22 heavy (non-hydrogen) atoms. The SMILES string of the molecule is CCc1cccc(CC)c1NC(=O)Nc1cc(O)cc(O)c1. The summed E-state index contributed by atoms with van der Waals surface area (Å²) >= 11 is 0. The highest BCUT2D eigenvalue weighted by Crippen LogP contribution is 2.25. The maximum absolute atomic E-state index is 12.2. The molecule has 0 radical (unpaired) electrons. The number of para-hydroxylation sites is 1. The van der Waals surface area contributed by atoms with Crippen LogP contribution in [0.15, 0.2) is 36.4 Å². The van der Waals surface area contributed by atoms with Crippen LogP contribution in [-0.2, 0) is 12.8 Å². The Kier molecular flexibility index (Phi) is 4.88. The lowest BCUT2D eigenvalue weighted by atomic mass is 10.0. The van der Waals surface area contributed by atoms with Gasteiger partial charge in [0.1, 0.15) is 11.5 Å². The number of anilines is 2. The molecule has 0 spiro atoms. The van der Waals surface area contributed by atoms with Crippen LogP contribution in [0.3, 0.4) is 0 Å². The molecule has 2 amide bonds. The molecular weight excluding hydrogens is 280 g/mol. The number of phenolic OH excluding ortho intramolecular Hbond substituents is 2. The fourth-order valence-electron chi connectivity index (χ4n) is 2.35. The van der Waals surface area contributed by atoms with Crippen molar-refractivity contribution < 1.29 is 15.0 Å². The van der Waals surface area contributed by atoms with E-state index in [1.165, 1.54) is 18.2 Å². The van der Waals surface area contributed by atoms with Crippen LogP contribution in [0.25, 0.3) is 0 Å². The summed E-state index contributed by atoms with van der Waals surface area (Å²) in [5.41, 5.74) is 3.26. The van der Waals surface area contributed by atoms with Gasteiger partial charge in [-0.05, 0) is 24.0 Å². The first-order valence-corrected chi connectivity index (χ1v) is 7.25. The quantitative estimate of drug-likeness (QED) is 0.692. The van der Waals surface area contributed by atoms with Gasteiger partial charge in [0.2, 0.25) is 0 Å². The topological polar surface area (TPSA) is 81.6 Å². The average molecular weight is 300 g/mol. The third-order valence-electron chi connectivity index (χ3n) is 3.40. The van der Waals surface area contributed by atoms with Crippen molar-refractivity contribution in [3.8, 4) is 11.5 Å². The summed E-state index contributed by atoms with van der Waals surface area (Å²) in [5, 5.41) is 24.3. The minimum absolute atomic E-state index is 0.112. The smallest absolute Gasteiger partial charge is 0.323 e. The van der Waals surface area contributed by atoms with E-state index in [-0.39, 0.29) is 11.5 Å². The number of aromatic hydroxyl groups is 2. The lowest BCUT2D eigenvalue weighted by Gasteiger charge is -2.15. The number of benzene rings is 2. The largest absolute Gasteiger partial charge is 0.508 e. The summed E-state index contributed by atoms with van der Waals surface area (Å²) in [5.74, 6) is -0.225. The van der Waals surface area contributed by atoms with Crippen LogP contribution in [0.4, 0.5) is 16.2 Å². The number of urea groups is 1. The van der Waals surface area contributed by atoms with Crippen molar-refractivity contribution in [2.45, 2.75) is 26.7 Å². The van der Waals surface area contributed by atoms with Crippen molar-refractivity contribution >= 4 is 17.4 Å². The summed E-state index contributed by atoms with van der Waals surface area (Å²) in [6, 6.07) is 9.46. The molecule has 0 saturated carbocycles. The highest BCUT2D eigenvalue weighted by atomic mass is 16.3. The molecule has 0 aliphatic heterocycles. The standard InChI is InChI=1S/C17H20N2O3/c1-3-11-6-5-7-12(4-2)16(11)19-17(22)18-13-8-14(20)10-15(21)9-13/h5-10,20-21H,3-4H2,1-2H3,(H2,18,19,22). The zero-order valence-corrected chi connectivity index (χ0v) is 12.7. The van der Waals surface area contributed by atoms with E-state index in [1.54, 1.807) is 0 Å². The van der Waals surface area contributed by atoms with Gasteiger partial charge in [-0.3, -0.25) is 0 Å². The first-order chi connectivity index (χ1) is 10.5. The molecule has 4 N–H and O–H groups in total. The van der Waals surface area contributed by atoms with Gasteiger partial charge in [0.25, 0.3) is 0 Å². The van der Waals surface area contributed by atoms with Gasteiger partial charge < -0.3 is 20.8 Å². The first-order valence-electron chi connectivity index (χ1n) is 7.25. The van der Waals surface area contributed by atoms with Crippen molar-refractivity contribution in [2.75, 3.05) is 10.6 Å². The second kappa shape index (κ2) is 6.85. The highest BCUT2D eigenvalue weighted by Gasteiger charge is 2.10. The Morgan fingerprint density at radius 2 is 1.50 bits per heavy atom. The van der Waals surface area contributed by atoms with Crippen LogP contribution in [0.2, 0.25) is 0 Å². The number of aryl methyl sites for hydroxylation is 2. The van der Waals surface area contributed by atoms with Crippen molar-refractivity contribution in [2.24, 2.45) is 0 Å². The van der Waals surface area contributed by atoms with Gasteiger partial charge in [-0.2, -0.15) is 0 Å². The first kappa shape index (κ1) is 15.7. The molecule has 116 valence electrons. The predicted molar refractivity (Wildman–Crippen MR) is 87.6 cm³/mol. The van der Waals surface area contributed by atoms with E-state index in [9.17, 15) is 15.0 Å². The Hall–Kier alpha value is -2.69. The van der Waals surface area contributed by atoms with Crippen LogP contribution < -0.4 is 10.6 Å². The van der Waals surface area contributed by atoms with Crippen molar-refractivity contribution in [3.05, 3.63) is 47.5 Å². The Labute approximate surface area is 129 Å². The molecule has 0 aromatic heterocycles. The molecule has 2 aromatic carbocycles. The summed E-state index contributed by atoms with van der Waals surface area (Å²) in [6.07, 6.45) is 1.63. The maximum Gasteiger partial charge on any atom is 0.323 e. The normalized spacial score (nSPS) is 10.3. The lowest BCUT2D eigenvalue weighted by molar-refractivity contribution is 0.262.